The topological polar surface area (TPSA) is 57.2 Å². The quantitative estimate of drug-likeness (QED) is 0.452. The van der Waals surface area contributed by atoms with Gasteiger partial charge in [0.05, 0.1) is 5.69 Å². The van der Waals surface area contributed by atoms with Gasteiger partial charge in [0.25, 0.3) is 0 Å². The van der Waals surface area contributed by atoms with Crippen molar-refractivity contribution in [2.24, 2.45) is 0 Å². The third kappa shape index (κ3) is 3.83. The molecule has 0 N–H and O–H groups in total. The van der Waals surface area contributed by atoms with Gasteiger partial charge in [0, 0.05) is 24.7 Å². The van der Waals surface area contributed by atoms with E-state index < -0.39 is 0 Å². The molecule has 4 rings (SSSR count). The molecule has 4 aromatic rings. The predicted molar refractivity (Wildman–Crippen MR) is 106 cm³/mol. The summed E-state index contributed by atoms with van der Waals surface area (Å²) < 4.78 is 10.1. The zero-order valence-electron chi connectivity index (χ0n) is 15.4. The summed E-state index contributed by atoms with van der Waals surface area (Å²) in [5.41, 5.74) is 3.09. The molecular weight excluding hydrogens is 358 g/mol. The van der Waals surface area contributed by atoms with Gasteiger partial charge in [-0.25, -0.2) is 4.98 Å². The molecule has 0 saturated heterocycles. The Bertz CT molecular complexity index is 1020. The van der Waals surface area contributed by atoms with E-state index in [2.05, 4.69) is 32.9 Å². The number of para-hydroxylation sites is 1. The monoisotopic (exact) mass is 379 g/mol. The highest BCUT2D eigenvalue weighted by atomic mass is 32.2. The molecule has 0 amide bonds. The average molecular weight is 379 g/mol. The Morgan fingerprint density at radius 3 is 2.74 bits per heavy atom. The first-order valence-electron chi connectivity index (χ1n) is 8.90. The van der Waals surface area contributed by atoms with Crippen LogP contribution in [0.4, 0.5) is 0 Å². The Hall–Kier alpha value is -2.80. The highest BCUT2D eigenvalue weighted by Gasteiger charge is 2.13. The summed E-state index contributed by atoms with van der Waals surface area (Å²) >= 11 is 1.64. The lowest BCUT2D eigenvalue weighted by Crippen LogP contribution is -2.07. The molecule has 3 aromatic heterocycles. The SMILES string of the molecule is CCn1c(COc2ccccc2C)nnc1SCc1cn2ccccc2n1. The molecule has 0 fully saturated rings. The molecule has 27 heavy (non-hydrogen) atoms. The second-order valence-corrected chi connectivity index (χ2v) is 7.13. The number of aromatic nitrogens is 5. The molecule has 0 saturated carbocycles. The van der Waals surface area contributed by atoms with Crippen LogP contribution < -0.4 is 4.74 Å². The normalized spacial score (nSPS) is 11.2. The van der Waals surface area contributed by atoms with Gasteiger partial charge in [0.2, 0.25) is 0 Å². The smallest absolute Gasteiger partial charge is 0.191 e. The molecule has 6 nitrogen and oxygen atoms in total. The largest absolute Gasteiger partial charge is 0.485 e. The van der Waals surface area contributed by atoms with Crippen LogP contribution in [0.15, 0.2) is 60.0 Å². The molecule has 0 aliphatic carbocycles. The third-order valence-corrected chi connectivity index (χ3v) is 5.32. The van der Waals surface area contributed by atoms with Gasteiger partial charge >= 0.3 is 0 Å². The number of fused-ring (bicyclic) bond motifs is 1. The van der Waals surface area contributed by atoms with Crippen LogP contribution in [0.2, 0.25) is 0 Å². The minimum Gasteiger partial charge on any atom is -0.485 e. The molecule has 0 atom stereocenters. The number of nitrogens with zero attached hydrogens (tertiary/aromatic N) is 5. The van der Waals surface area contributed by atoms with Crippen LogP contribution in [0.3, 0.4) is 0 Å². The minimum atomic E-state index is 0.403. The fourth-order valence-electron chi connectivity index (χ4n) is 2.91. The van der Waals surface area contributed by atoms with E-state index in [0.29, 0.717) is 6.61 Å². The molecule has 0 spiro atoms. The van der Waals surface area contributed by atoms with Gasteiger partial charge in [-0.05, 0) is 37.6 Å². The summed E-state index contributed by atoms with van der Waals surface area (Å²) in [6.45, 7) is 5.33. The van der Waals surface area contributed by atoms with Gasteiger partial charge < -0.3 is 13.7 Å². The number of pyridine rings is 1. The Morgan fingerprint density at radius 2 is 1.93 bits per heavy atom. The Balaban J connectivity index is 1.45. The van der Waals surface area contributed by atoms with Crippen molar-refractivity contribution >= 4 is 17.4 Å². The van der Waals surface area contributed by atoms with Gasteiger partial charge in [0.1, 0.15) is 18.0 Å². The number of imidazole rings is 1. The third-order valence-electron chi connectivity index (χ3n) is 4.32. The standard InChI is InChI=1S/C20H21N5OS/c1-3-25-19(13-26-17-9-5-4-8-15(17)2)22-23-20(25)27-14-16-12-24-11-7-6-10-18(24)21-16/h4-12H,3,13-14H2,1-2H3. The van der Waals surface area contributed by atoms with Crippen molar-refractivity contribution in [3.63, 3.8) is 0 Å². The van der Waals surface area contributed by atoms with Crippen molar-refractivity contribution in [2.75, 3.05) is 0 Å². The second-order valence-electron chi connectivity index (χ2n) is 6.18. The maximum Gasteiger partial charge on any atom is 0.191 e. The molecule has 0 aliphatic rings. The number of thioether (sulfide) groups is 1. The van der Waals surface area contributed by atoms with E-state index in [1.165, 1.54) is 0 Å². The molecule has 138 valence electrons. The Labute approximate surface area is 162 Å². The summed E-state index contributed by atoms with van der Waals surface area (Å²) in [6, 6.07) is 14.0. The van der Waals surface area contributed by atoms with E-state index in [1.54, 1.807) is 11.8 Å². The summed E-state index contributed by atoms with van der Waals surface area (Å²) in [7, 11) is 0. The van der Waals surface area contributed by atoms with Crippen LogP contribution in [-0.2, 0) is 18.9 Å². The van der Waals surface area contributed by atoms with Crippen LogP contribution in [0.1, 0.15) is 24.0 Å². The number of ether oxygens (including phenoxy) is 1. The summed E-state index contributed by atoms with van der Waals surface area (Å²) in [5, 5.41) is 9.57. The molecule has 0 aliphatic heterocycles. The highest BCUT2D eigenvalue weighted by Crippen LogP contribution is 2.23. The summed E-state index contributed by atoms with van der Waals surface area (Å²) in [6.07, 6.45) is 4.06. The molecule has 3 heterocycles. The number of hydrogen-bond donors (Lipinski definition) is 0. The lowest BCUT2D eigenvalue weighted by Gasteiger charge is -2.10. The Kier molecular flexibility index (Phi) is 5.11. The van der Waals surface area contributed by atoms with Crippen molar-refractivity contribution in [2.45, 2.75) is 37.9 Å². The van der Waals surface area contributed by atoms with Crippen LogP contribution in [0.5, 0.6) is 5.75 Å². The van der Waals surface area contributed by atoms with E-state index in [4.69, 9.17) is 4.74 Å². The maximum atomic E-state index is 5.93. The second kappa shape index (κ2) is 7.84. The number of benzene rings is 1. The van der Waals surface area contributed by atoms with Gasteiger partial charge in [-0.15, -0.1) is 10.2 Å². The fraction of sp³-hybridized carbons (Fsp3) is 0.250. The molecule has 0 radical (unpaired) electrons. The predicted octanol–water partition coefficient (Wildman–Crippen LogP) is 4.13. The van der Waals surface area contributed by atoms with Crippen molar-refractivity contribution in [1.29, 1.82) is 0 Å². The van der Waals surface area contributed by atoms with E-state index in [9.17, 15) is 0 Å². The van der Waals surface area contributed by atoms with Crippen molar-refractivity contribution in [1.82, 2.24) is 24.1 Å². The van der Waals surface area contributed by atoms with Crippen LogP contribution >= 0.6 is 11.8 Å². The van der Waals surface area contributed by atoms with E-state index in [1.807, 2.05) is 60.0 Å². The lowest BCUT2D eigenvalue weighted by atomic mass is 10.2. The summed E-state index contributed by atoms with van der Waals surface area (Å²) in [5.74, 6) is 2.46. The minimum absolute atomic E-state index is 0.403. The molecule has 0 bridgehead atoms. The Morgan fingerprint density at radius 1 is 1.07 bits per heavy atom. The first-order chi connectivity index (χ1) is 13.2. The zero-order valence-corrected chi connectivity index (χ0v) is 16.2. The van der Waals surface area contributed by atoms with Gasteiger partial charge in [0.15, 0.2) is 11.0 Å². The molecular formula is C20H21N5OS. The van der Waals surface area contributed by atoms with E-state index in [-0.39, 0.29) is 0 Å². The number of aryl methyl sites for hydroxylation is 1. The van der Waals surface area contributed by atoms with Crippen molar-refractivity contribution in [3.8, 4) is 5.75 Å². The first-order valence-corrected chi connectivity index (χ1v) is 9.89. The van der Waals surface area contributed by atoms with Crippen molar-refractivity contribution < 1.29 is 4.74 Å². The van der Waals surface area contributed by atoms with Crippen molar-refractivity contribution in [3.05, 3.63) is 71.9 Å². The molecule has 7 heteroatoms. The fourth-order valence-corrected chi connectivity index (χ4v) is 3.81. The van der Waals surface area contributed by atoms with Gasteiger partial charge in [-0.2, -0.15) is 0 Å². The van der Waals surface area contributed by atoms with E-state index >= 15 is 0 Å². The number of rotatable bonds is 7. The zero-order chi connectivity index (χ0) is 18.6. The van der Waals surface area contributed by atoms with Crippen LogP contribution in [0, 0.1) is 6.92 Å². The van der Waals surface area contributed by atoms with Gasteiger partial charge in [-0.1, -0.05) is 36.0 Å². The van der Waals surface area contributed by atoms with E-state index in [0.717, 1.165) is 45.9 Å². The van der Waals surface area contributed by atoms with Gasteiger partial charge in [-0.3, -0.25) is 0 Å². The number of hydrogen-bond acceptors (Lipinski definition) is 5. The highest BCUT2D eigenvalue weighted by molar-refractivity contribution is 7.98. The molecule has 0 unspecified atom stereocenters. The maximum absolute atomic E-state index is 5.93. The summed E-state index contributed by atoms with van der Waals surface area (Å²) in [4.78, 5) is 4.64. The molecule has 1 aromatic carbocycles. The lowest BCUT2D eigenvalue weighted by molar-refractivity contribution is 0.286. The first kappa shape index (κ1) is 17.6. The van der Waals surface area contributed by atoms with Crippen LogP contribution in [-0.4, -0.2) is 24.1 Å². The average Bonchev–Trinajstić information content (AvgIpc) is 3.28. The van der Waals surface area contributed by atoms with Crippen LogP contribution in [0.25, 0.3) is 5.65 Å².